The van der Waals surface area contributed by atoms with Gasteiger partial charge in [0, 0.05) is 10.2 Å². The maximum atomic E-state index is 11.8. The van der Waals surface area contributed by atoms with Crippen LogP contribution in [-0.4, -0.2) is 10.8 Å². The van der Waals surface area contributed by atoms with Crippen LogP contribution < -0.4 is 5.32 Å². The van der Waals surface area contributed by atoms with Gasteiger partial charge in [0.1, 0.15) is 4.87 Å². The summed E-state index contributed by atoms with van der Waals surface area (Å²) in [5.74, 6) is -0.192. The Hall–Kier alpha value is -0.540. The Labute approximate surface area is 110 Å². The van der Waals surface area contributed by atoms with E-state index in [9.17, 15) is 4.79 Å². The lowest BCUT2D eigenvalue weighted by Crippen LogP contribution is -2.32. The Morgan fingerprint density at radius 1 is 1.31 bits per heavy atom. The van der Waals surface area contributed by atoms with Crippen LogP contribution in [0, 0.1) is 13.8 Å². The zero-order valence-electron chi connectivity index (χ0n) is 9.82. The highest BCUT2D eigenvalue weighted by molar-refractivity contribution is 9.10. The van der Waals surface area contributed by atoms with Gasteiger partial charge in [0.25, 0.3) is 0 Å². The van der Waals surface area contributed by atoms with Crippen molar-refractivity contribution < 1.29 is 4.79 Å². The largest absolute Gasteiger partial charge is 0.324 e. The summed E-state index contributed by atoms with van der Waals surface area (Å²) in [7, 11) is 0. The van der Waals surface area contributed by atoms with Crippen molar-refractivity contribution in [1.82, 2.24) is 0 Å². The van der Waals surface area contributed by atoms with E-state index >= 15 is 0 Å². The summed E-state index contributed by atoms with van der Waals surface area (Å²) in [5, 5.41) is 2.85. The van der Waals surface area contributed by atoms with E-state index in [4.69, 9.17) is 11.6 Å². The van der Waals surface area contributed by atoms with Gasteiger partial charge in [-0.15, -0.1) is 11.6 Å². The molecule has 0 saturated heterocycles. The molecule has 1 aromatic rings. The summed E-state index contributed by atoms with van der Waals surface area (Å²) in [4.78, 5) is 10.9. The standard InChI is InChI=1S/C12H15BrClNO/c1-7-5-9(13)6-8(2)10(7)15-11(16)12(3,4)14/h5-6H,1-4H3,(H,15,16). The van der Waals surface area contributed by atoms with Crippen LogP contribution in [0.3, 0.4) is 0 Å². The van der Waals surface area contributed by atoms with E-state index in [0.717, 1.165) is 21.3 Å². The average Bonchev–Trinajstić information content (AvgIpc) is 2.08. The molecular formula is C12H15BrClNO. The van der Waals surface area contributed by atoms with Crippen molar-refractivity contribution in [3.63, 3.8) is 0 Å². The lowest BCUT2D eigenvalue weighted by Gasteiger charge is -2.18. The van der Waals surface area contributed by atoms with Gasteiger partial charge in [0.15, 0.2) is 0 Å². The molecule has 0 saturated carbocycles. The van der Waals surface area contributed by atoms with Gasteiger partial charge < -0.3 is 5.32 Å². The van der Waals surface area contributed by atoms with E-state index < -0.39 is 4.87 Å². The second-order valence-corrected chi connectivity index (χ2v) is 6.20. The molecule has 0 unspecified atom stereocenters. The fourth-order valence-corrected chi connectivity index (χ4v) is 2.10. The first-order valence-electron chi connectivity index (χ1n) is 4.99. The molecule has 0 aliphatic heterocycles. The quantitative estimate of drug-likeness (QED) is 0.821. The zero-order valence-corrected chi connectivity index (χ0v) is 12.2. The minimum absolute atomic E-state index is 0.192. The van der Waals surface area contributed by atoms with E-state index in [2.05, 4.69) is 21.2 Å². The highest BCUT2D eigenvalue weighted by Gasteiger charge is 2.25. The number of nitrogens with one attached hydrogen (secondary N) is 1. The first-order chi connectivity index (χ1) is 7.21. The van der Waals surface area contributed by atoms with E-state index in [1.807, 2.05) is 26.0 Å². The summed E-state index contributed by atoms with van der Waals surface area (Å²) in [5.41, 5.74) is 2.87. The topological polar surface area (TPSA) is 29.1 Å². The number of alkyl halides is 1. The highest BCUT2D eigenvalue weighted by Crippen LogP contribution is 2.26. The molecule has 0 aliphatic rings. The van der Waals surface area contributed by atoms with Crippen LogP contribution >= 0.6 is 27.5 Å². The van der Waals surface area contributed by atoms with Crippen LogP contribution in [0.1, 0.15) is 25.0 Å². The number of amides is 1. The molecule has 0 radical (unpaired) electrons. The van der Waals surface area contributed by atoms with Crippen molar-refractivity contribution in [2.45, 2.75) is 32.6 Å². The van der Waals surface area contributed by atoms with Crippen molar-refractivity contribution in [2.75, 3.05) is 5.32 Å². The molecule has 0 atom stereocenters. The molecule has 1 rings (SSSR count). The molecule has 1 aromatic carbocycles. The number of hydrogen-bond acceptors (Lipinski definition) is 1. The second-order valence-electron chi connectivity index (χ2n) is 4.34. The number of carbonyl (C=O) groups is 1. The predicted molar refractivity (Wildman–Crippen MR) is 72.2 cm³/mol. The van der Waals surface area contributed by atoms with Gasteiger partial charge >= 0.3 is 0 Å². The lowest BCUT2D eigenvalue weighted by atomic mass is 10.1. The Balaban J connectivity index is 3.03. The minimum Gasteiger partial charge on any atom is -0.324 e. The van der Waals surface area contributed by atoms with Gasteiger partial charge in [-0.2, -0.15) is 0 Å². The molecule has 2 nitrogen and oxygen atoms in total. The minimum atomic E-state index is -0.897. The Morgan fingerprint density at radius 2 is 1.75 bits per heavy atom. The van der Waals surface area contributed by atoms with Crippen LogP contribution in [-0.2, 0) is 4.79 Å². The normalized spacial score (nSPS) is 11.4. The van der Waals surface area contributed by atoms with E-state index in [0.29, 0.717) is 0 Å². The summed E-state index contributed by atoms with van der Waals surface area (Å²) in [6.07, 6.45) is 0. The third-order valence-corrected chi connectivity index (χ3v) is 2.91. The molecular weight excluding hydrogens is 289 g/mol. The first kappa shape index (κ1) is 13.5. The number of rotatable bonds is 2. The smallest absolute Gasteiger partial charge is 0.244 e. The van der Waals surface area contributed by atoms with Gasteiger partial charge in [-0.3, -0.25) is 4.79 Å². The van der Waals surface area contributed by atoms with E-state index in [1.165, 1.54) is 0 Å². The maximum absolute atomic E-state index is 11.8. The first-order valence-corrected chi connectivity index (χ1v) is 6.16. The molecule has 4 heteroatoms. The number of benzene rings is 1. The number of anilines is 1. The molecule has 1 N–H and O–H groups in total. The summed E-state index contributed by atoms with van der Waals surface area (Å²) in [6, 6.07) is 3.92. The van der Waals surface area contributed by atoms with Crippen molar-refractivity contribution in [3.05, 3.63) is 27.7 Å². The molecule has 88 valence electrons. The SMILES string of the molecule is Cc1cc(Br)cc(C)c1NC(=O)C(C)(C)Cl. The number of carbonyl (C=O) groups excluding carboxylic acids is 1. The molecule has 0 fully saturated rings. The summed E-state index contributed by atoms with van der Waals surface area (Å²) in [6.45, 7) is 7.25. The fourth-order valence-electron chi connectivity index (χ4n) is 1.37. The van der Waals surface area contributed by atoms with E-state index in [-0.39, 0.29) is 5.91 Å². The number of hydrogen-bond donors (Lipinski definition) is 1. The Morgan fingerprint density at radius 3 is 2.12 bits per heavy atom. The molecule has 0 bridgehead atoms. The Bertz CT molecular complexity index is 401. The van der Waals surface area contributed by atoms with Crippen LogP contribution in [0.5, 0.6) is 0 Å². The van der Waals surface area contributed by atoms with Gasteiger partial charge in [0.05, 0.1) is 0 Å². The van der Waals surface area contributed by atoms with Crippen LogP contribution in [0.15, 0.2) is 16.6 Å². The van der Waals surface area contributed by atoms with Crippen molar-refractivity contribution in [1.29, 1.82) is 0 Å². The van der Waals surface area contributed by atoms with E-state index in [1.54, 1.807) is 13.8 Å². The van der Waals surface area contributed by atoms with Crippen molar-refractivity contribution >= 4 is 39.1 Å². The highest BCUT2D eigenvalue weighted by atomic mass is 79.9. The second kappa shape index (κ2) is 4.76. The number of halogens is 2. The van der Waals surface area contributed by atoms with Crippen molar-refractivity contribution in [3.8, 4) is 0 Å². The van der Waals surface area contributed by atoms with Gasteiger partial charge in [-0.1, -0.05) is 15.9 Å². The monoisotopic (exact) mass is 303 g/mol. The third kappa shape index (κ3) is 3.22. The lowest BCUT2D eigenvalue weighted by molar-refractivity contribution is -0.117. The average molecular weight is 305 g/mol. The number of aryl methyl sites for hydroxylation is 2. The van der Waals surface area contributed by atoms with Crippen LogP contribution in [0.2, 0.25) is 0 Å². The van der Waals surface area contributed by atoms with Gasteiger partial charge in [0.2, 0.25) is 5.91 Å². The van der Waals surface area contributed by atoms with Crippen molar-refractivity contribution in [2.24, 2.45) is 0 Å². The summed E-state index contributed by atoms with van der Waals surface area (Å²) >= 11 is 9.36. The molecule has 0 aliphatic carbocycles. The molecule has 1 amide bonds. The maximum Gasteiger partial charge on any atom is 0.244 e. The molecule has 0 heterocycles. The third-order valence-electron chi connectivity index (χ3n) is 2.28. The van der Waals surface area contributed by atoms with Gasteiger partial charge in [-0.05, 0) is 51.0 Å². The fraction of sp³-hybridized carbons (Fsp3) is 0.417. The van der Waals surface area contributed by atoms with Crippen LogP contribution in [0.4, 0.5) is 5.69 Å². The summed E-state index contributed by atoms with van der Waals surface area (Å²) < 4.78 is 1.01. The molecule has 16 heavy (non-hydrogen) atoms. The van der Waals surface area contributed by atoms with Gasteiger partial charge in [-0.25, -0.2) is 0 Å². The molecule has 0 spiro atoms. The van der Waals surface area contributed by atoms with Crippen LogP contribution in [0.25, 0.3) is 0 Å². The molecule has 0 aromatic heterocycles. The zero-order chi connectivity index (χ0) is 12.5. The Kier molecular flexibility index (Phi) is 4.02. The predicted octanol–water partition coefficient (Wildman–Crippen LogP) is 4.02.